The highest BCUT2D eigenvalue weighted by Gasteiger charge is 2.11. The molecule has 0 saturated carbocycles. The van der Waals surface area contributed by atoms with Crippen molar-refractivity contribution in [2.45, 2.75) is 19.8 Å². The van der Waals surface area contributed by atoms with E-state index in [2.05, 4.69) is 5.32 Å². The van der Waals surface area contributed by atoms with Gasteiger partial charge in [0.25, 0.3) is 0 Å². The van der Waals surface area contributed by atoms with Gasteiger partial charge in [0.15, 0.2) is 0 Å². The summed E-state index contributed by atoms with van der Waals surface area (Å²) in [6, 6.07) is 11.5. The minimum atomic E-state index is -0.100. The fraction of sp³-hybridized carbons (Fsp3) is 0.235. The van der Waals surface area contributed by atoms with Crippen LogP contribution in [-0.2, 0) is 4.79 Å². The summed E-state index contributed by atoms with van der Waals surface area (Å²) in [5, 5.41) is 14.0. The van der Waals surface area contributed by atoms with Gasteiger partial charge in [0, 0.05) is 35.9 Å². The summed E-state index contributed by atoms with van der Waals surface area (Å²) in [6.07, 6.45) is 0. The number of aliphatic hydroxyl groups excluding tert-OH is 1. The van der Waals surface area contributed by atoms with E-state index in [-0.39, 0.29) is 18.4 Å². The van der Waals surface area contributed by atoms with E-state index in [0.29, 0.717) is 0 Å². The van der Waals surface area contributed by atoms with E-state index in [4.69, 9.17) is 4.42 Å². The second-order valence-electron chi connectivity index (χ2n) is 5.33. The van der Waals surface area contributed by atoms with E-state index >= 15 is 0 Å². The van der Waals surface area contributed by atoms with E-state index < -0.39 is 0 Å². The predicted octanol–water partition coefficient (Wildman–Crippen LogP) is 3.64. The van der Waals surface area contributed by atoms with Crippen LogP contribution in [0.1, 0.15) is 25.3 Å². The molecular formula is C17H17NO3. The molecule has 0 aliphatic carbocycles. The van der Waals surface area contributed by atoms with Crippen molar-refractivity contribution in [1.82, 2.24) is 0 Å². The normalized spacial score (nSPS) is 12.7. The van der Waals surface area contributed by atoms with Gasteiger partial charge >= 0.3 is 0 Å². The molecule has 0 aliphatic rings. The highest BCUT2D eigenvalue weighted by molar-refractivity contribution is 6.07. The third-order valence-electron chi connectivity index (χ3n) is 3.66. The first kappa shape index (κ1) is 13.6. The van der Waals surface area contributed by atoms with E-state index in [0.717, 1.165) is 33.2 Å². The first-order valence-corrected chi connectivity index (χ1v) is 6.93. The molecular weight excluding hydrogens is 266 g/mol. The van der Waals surface area contributed by atoms with Crippen molar-refractivity contribution < 1.29 is 14.3 Å². The average molecular weight is 283 g/mol. The summed E-state index contributed by atoms with van der Waals surface area (Å²) in [5.74, 6) is -0.0189. The van der Waals surface area contributed by atoms with Gasteiger partial charge in [-0.3, -0.25) is 4.79 Å². The fourth-order valence-corrected chi connectivity index (χ4v) is 2.49. The van der Waals surface area contributed by atoms with Crippen LogP contribution < -0.4 is 5.32 Å². The van der Waals surface area contributed by atoms with Gasteiger partial charge < -0.3 is 14.8 Å². The molecule has 3 aromatic rings. The third kappa shape index (κ3) is 2.50. The van der Waals surface area contributed by atoms with Crippen molar-refractivity contribution in [1.29, 1.82) is 0 Å². The highest BCUT2D eigenvalue weighted by Crippen LogP contribution is 2.32. The number of fused-ring (bicyclic) bond motifs is 3. The Morgan fingerprint density at radius 1 is 1.19 bits per heavy atom. The molecule has 0 spiro atoms. The number of nitrogens with one attached hydrogen (secondary N) is 1. The number of amides is 1. The quantitative estimate of drug-likeness (QED) is 0.771. The van der Waals surface area contributed by atoms with E-state index in [1.54, 1.807) is 0 Å². The van der Waals surface area contributed by atoms with Crippen molar-refractivity contribution in [2.24, 2.45) is 0 Å². The van der Waals surface area contributed by atoms with Crippen molar-refractivity contribution >= 4 is 33.5 Å². The van der Waals surface area contributed by atoms with E-state index in [9.17, 15) is 9.90 Å². The summed E-state index contributed by atoms with van der Waals surface area (Å²) in [7, 11) is 0. The zero-order valence-electron chi connectivity index (χ0n) is 12.0. The summed E-state index contributed by atoms with van der Waals surface area (Å²) >= 11 is 0. The molecule has 1 heterocycles. The number of hydrogen-bond acceptors (Lipinski definition) is 3. The SMILES string of the molecule is CC(=O)Nc1ccc2oc3ccc(C(C)CO)cc3c2c1. The van der Waals surface area contributed by atoms with Gasteiger partial charge in [0.1, 0.15) is 11.2 Å². The lowest BCUT2D eigenvalue weighted by molar-refractivity contribution is -0.114. The van der Waals surface area contributed by atoms with Gasteiger partial charge in [-0.1, -0.05) is 13.0 Å². The van der Waals surface area contributed by atoms with Gasteiger partial charge in [-0.05, 0) is 35.9 Å². The molecule has 2 N–H and O–H groups in total. The topological polar surface area (TPSA) is 62.5 Å². The highest BCUT2D eigenvalue weighted by atomic mass is 16.3. The van der Waals surface area contributed by atoms with Crippen LogP contribution >= 0.6 is 0 Å². The Morgan fingerprint density at radius 3 is 2.52 bits per heavy atom. The Bertz CT molecular complexity index is 819. The smallest absolute Gasteiger partial charge is 0.221 e. The summed E-state index contributed by atoms with van der Waals surface area (Å²) in [5.41, 5.74) is 3.41. The van der Waals surface area contributed by atoms with Crippen LogP contribution in [0.3, 0.4) is 0 Å². The zero-order valence-corrected chi connectivity index (χ0v) is 12.0. The summed E-state index contributed by atoms with van der Waals surface area (Å²) < 4.78 is 5.81. The van der Waals surface area contributed by atoms with Crippen molar-refractivity contribution in [3.63, 3.8) is 0 Å². The molecule has 0 aliphatic heterocycles. The standard InChI is InChI=1S/C17H17NO3/c1-10(9-19)12-3-5-16-14(7-12)15-8-13(18-11(2)20)4-6-17(15)21-16/h3-8,10,19H,9H2,1-2H3,(H,18,20). The van der Waals surface area contributed by atoms with Crippen molar-refractivity contribution in [3.8, 4) is 0 Å². The molecule has 1 amide bonds. The van der Waals surface area contributed by atoms with Crippen LogP contribution in [0.5, 0.6) is 0 Å². The van der Waals surface area contributed by atoms with Crippen LogP contribution in [0.4, 0.5) is 5.69 Å². The summed E-state index contributed by atoms with van der Waals surface area (Å²) in [4.78, 5) is 11.2. The van der Waals surface area contributed by atoms with E-state index in [1.807, 2.05) is 43.3 Å². The average Bonchev–Trinajstić information content (AvgIpc) is 2.83. The molecule has 4 nitrogen and oxygen atoms in total. The lowest BCUT2D eigenvalue weighted by atomic mass is 10.00. The number of benzene rings is 2. The molecule has 2 aromatic carbocycles. The Labute approximate surface area is 122 Å². The van der Waals surface area contributed by atoms with Gasteiger partial charge in [-0.25, -0.2) is 0 Å². The van der Waals surface area contributed by atoms with Crippen LogP contribution in [0.2, 0.25) is 0 Å². The molecule has 3 rings (SSSR count). The third-order valence-corrected chi connectivity index (χ3v) is 3.66. The number of anilines is 1. The minimum absolute atomic E-state index is 0.0814. The van der Waals surface area contributed by atoms with Crippen LogP contribution in [0.25, 0.3) is 21.9 Å². The Kier molecular flexibility index (Phi) is 3.39. The first-order valence-electron chi connectivity index (χ1n) is 6.93. The molecule has 0 radical (unpaired) electrons. The van der Waals surface area contributed by atoms with E-state index in [1.165, 1.54) is 6.92 Å². The summed E-state index contributed by atoms with van der Waals surface area (Å²) in [6.45, 7) is 3.57. The van der Waals surface area contributed by atoms with Gasteiger partial charge in [-0.2, -0.15) is 0 Å². The molecule has 1 aromatic heterocycles. The Balaban J connectivity index is 2.18. The maximum atomic E-state index is 11.2. The minimum Gasteiger partial charge on any atom is -0.456 e. The number of rotatable bonds is 3. The molecule has 108 valence electrons. The van der Waals surface area contributed by atoms with Gasteiger partial charge in [-0.15, -0.1) is 0 Å². The lowest BCUT2D eigenvalue weighted by Crippen LogP contribution is -2.05. The van der Waals surface area contributed by atoms with Crippen molar-refractivity contribution in [3.05, 3.63) is 42.0 Å². The zero-order chi connectivity index (χ0) is 15.0. The number of carbonyl (C=O) groups excluding carboxylic acids is 1. The maximum absolute atomic E-state index is 11.2. The van der Waals surface area contributed by atoms with Crippen LogP contribution in [0.15, 0.2) is 40.8 Å². The number of aliphatic hydroxyl groups is 1. The molecule has 1 unspecified atom stereocenters. The predicted molar refractivity (Wildman–Crippen MR) is 83.5 cm³/mol. The second kappa shape index (κ2) is 5.22. The second-order valence-corrected chi connectivity index (χ2v) is 5.33. The monoisotopic (exact) mass is 283 g/mol. The number of hydrogen-bond donors (Lipinski definition) is 2. The first-order chi connectivity index (χ1) is 10.1. The number of carbonyl (C=O) groups is 1. The maximum Gasteiger partial charge on any atom is 0.221 e. The Morgan fingerprint density at radius 2 is 1.86 bits per heavy atom. The number of furan rings is 1. The molecule has 0 bridgehead atoms. The fourth-order valence-electron chi connectivity index (χ4n) is 2.49. The molecule has 21 heavy (non-hydrogen) atoms. The lowest BCUT2D eigenvalue weighted by Gasteiger charge is -2.07. The molecule has 1 atom stereocenters. The van der Waals surface area contributed by atoms with Crippen LogP contribution in [0, 0.1) is 0 Å². The van der Waals surface area contributed by atoms with Crippen LogP contribution in [-0.4, -0.2) is 17.6 Å². The molecule has 0 saturated heterocycles. The van der Waals surface area contributed by atoms with Gasteiger partial charge in [0.05, 0.1) is 0 Å². The van der Waals surface area contributed by atoms with Gasteiger partial charge in [0.2, 0.25) is 5.91 Å². The molecule has 0 fully saturated rings. The largest absolute Gasteiger partial charge is 0.456 e. The molecule has 4 heteroatoms. The van der Waals surface area contributed by atoms with Crippen molar-refractivity contribution in [2.75, 3.05) is 11.9 Å². The Hall–Kier alpha value is -2.33.